The fourth-order valence-electron chi connectivity index (χ4n) is 4.38. The van der Waals surface area contributed by atoms with Crippen molar-refractivity contribution in [3.63, 3.8) is 0 Å². The average Bonchev–Trinajstić information content (AvgIpc) is 3.28. The molecule has 0 aliphatic carbocycles. The number of aliphatic carboxylic acids is 1. The van der Waals surface area contributed by atoms with Gasteiger partial charge in [-0.3, -0.25) is 14.4 Å². The van der Waals surface area contributed by atoms with Crippen LogP contribution in [0.3, 0.4) is 0 Å². The Morgan fingerprint density at radius 3 is 2.10 bits per heavy atom. The maximum absolute atomic E-state index is 13.2. The molecule has 3 aromatic rings. The molecular weight excluding hydrogens is 542 g/mol. The van der Waals surface area contributed by atoms with E-state index in [1.807, 2.05) is 18.2 Å². The van der Waals surface area contributed by atoms with Gasteiger partial charge in [-0.1, -0.05) is 24.6 Å². The molecule has 1 unspecified atom stereocenters. The molecule has 0 bridgehead atoms. The van der Waals surface area contributed by atoms with E-state index >= 15 is 0 Å². The van der Waals surface area contributed by atoms with Crippen molar-refractivity contribution in [2.24, 2.45) is 0 Å². The van der Waals surface area contributed by atoms with Gasteiger partial charge < -0.3 is 15.4 Å². The Hall–Kier alpha value is -3.83. The Bertz CT molecular complexity index is 1310. The number of H-pyrrole nitrogens is 1. The van der Waals surface area contributed by atoms with Gasteiger partial charge in [-0.2, -0.15) is 26.3 Å². The second-order valence-electron chi connectivity index (χ2n) is 9.52. The Morgan fingerprint density at radius 2 is 1.48 bits per heavy atom. The number of Topliss-reactive ketones (excluding diaryl/α,β-unsaturated/α-hetero) is 1. The van der Waals surface area contributed by atoms with Crippen LogP contribution in [0.5, 0.6) is 0 Å². The number of hydrogen-bond acceptors (Lipinski definition) is 3. The van der Waals surface area contributed by atoms with E-state index in [4.69, 9.17) is 5.11 Å². The van der Waals surface area contributed by atoms with Gasteiger partial charge >= 0.3 is 18.3 Å². The number of hydrogen-bond donors (Lipinski definition) is 3. The summed E-state index contributed by atoms with van der Waals surface area (Å²) in [5.74, 6) is -1.96. The van der Waals surface area contributed by atoms with Crippen molar-refractivity contribution in [1.82, 2.24) is 10.3 Å². The summed E-state index contributed by atoms with van der Waals surface area (Å²) in [5.41, 5.74) is -1.73. The van der Waals surface area contributed by atoms with Crippen LogP contribution < -0.4 is 5.32 Å². The summed E-state index contributed by atoms with van der Waals surface area (Å²) in [5, 5.41) is 12.2. The van der Waals surface area contributed by atoms with Gasteiger partial charge in [0.05, 0.1) is 17.2 Å². The highest BCUT2D eigenvalue weighted by Gasteiger charge is 2.37. The lowest BCUT2D eigenvalue weighted by atomic mass is 9.95. The standard InChI is InChI=1S/C28H28F6N2O4/c29-27(30,31)19-12-17(13-20(15-19)28(32,33)34)10-11-24(37)23(36-25(38)8-2-1-3-9-26(39)40)14-18-16-35-22-7-5-4-6-21(18)22/h4-7,12-13,15-16,23,35H,1-3,8-11,14H2,(H,36,38)(H,39,40). The molecule has 0 aliphatic rings. The maximum atomic E-state index is 13.2. The summed E-state index contributed by atoms with van der Waals surface area (Å²) in [6.07, 6.45) is -7.81. The lowest BCUT2D eigenvalue weighted by Gasteiger charge is -2.19. The zero-order valence-electron chi connectivity index (χ0n) is 21.3. The zero-order chi connectivity index (χ0) is 29.5. The molecule has 0 fully saturated rings. The molecule has 0 saturated carbocycles. The molecule has 40 heavy (non-hydrogen) atoms. The van der Waals surface area contributed by atoms with E-state index in [0.29, 0.717) is 37.0 Å². The van der Waals surface area contributed by atoms with E-state index in [1.54, 1.807) is 12.3 Å². The van der Waals surface area contributed by atoms with Gasteiger partial charge in [0.2, 0.25) is 5.91 Å². The third-order valence-electron chi connectivity index (χ3n) is 6.42. The van der Waals surface area contributed by atoms with Gasteiger partial charge in [0.15, 0.2) is 5.78 Å². The van der Waals surface area contributed by atoms with Crippen LogP contribution in [0.25, 0.3) is 10.9 Å². The number of unbranched alkanes of at least 4 members (excludes halogenated alkanes) is 2. The number of amides is 1. The first-order valence-corrected chi connectivity index (χ1v) is 12.6. The summed E-state index contributed by atoms with van der Waals surface area (Å²) >= 11 is 0. The number of carbonyl (C=O) groups is 3. The predicted octanol–water partition coefficient (Wildman–Crippen LogP) is 6.47. The quantitative estimate of drug-likeness (QED) is 0.162. The van der Waals surface area contributed by atoms with E-state index in [0.717, 1.165) is 10.9 Å². The summed E-state index contributed by atoms with van der Waals surface area (Å²) in [6, 6.07) is 7.37. The Balaban J connectivity index is 1.76. The Kier molecular flexibility index (Phi) is 9.99. The number of rotatable bonds is 13. The van der Waals surface area contributed by atoms with Crippen LogP contribution in [0, 0.1) is 0 Å². The van der Waals surface area contributed by atoms with E-state index in [2.05, 4.69) is 10.3 Å². The summed E-state index contributed by atoms with van der Waals surface area (Å²) in [4.78, 5) is 39.5. The number of nitrogens with one attached hydrogen (secondary N) is 2. The number of benzene rings is 2. The highest BCUT2D eigenvalue weighted by Crippen LogP contribution is 2.36. The number of carboxylic acids is 1. The molecule has 0 spiro atoms. The van der Waals surface area contributed by atoms with Crippen LogP contribution in [0.1, 0.15) is 60.8 Å². The van der Waals surface area contributed by atoms with Crippen molar-refractivity contribution >= 4 is 28.6 Å². The molecule has 1 heterocycles. The van der Waals surface area contributed by atoms with Crippen LogP contribution in [0.15, 0.2) is 48.7 Å². The van der Waals surface area contributed by atoms with Crippen LogP contribution in [-0.2, 0) is 39.6 Å². The van der Waals surface area contributed by atoms with Gasteiger partial charge in [0.25, 0.3) is 0 Å². The molecular formula is C28H28F6N2O4. The highest BCUT2D eigenvalue weighted by molar-refractivity contribution is 5.91. The predicted molar refractivity (Wildman–Crippen MR) is 134 cm³/mol. The Morgan fingerprint density at radius 1 is 0.850 bits per heavy atom. The van der Waals surface area contributed by atoms with Crippen LogP contribution in [0.4, 0.5) is 26.3 Å². The summed E-state index contributed by atoms with van der Waals surface area (Å²) in [6.45, 7) is 0. The molecule has 2 aromatic carbocycles. The number of fused-ring (bicyclic) bond motifs is 1. The third-order valence-corrected chi connectivity index (χ3v) is 6.42. The van der Waals surface area contributed by atoms with Gasteiger partial charge in [-0.15, -0.1) is 0 Å². The van der Waals surface area contributed by atoms with E-state index in [9.17, 15) is 40.7 Å². The minimum atomic E-state index is -5.00. The fraction of sp³-hybridized carbons (Fsp3) is 0.393. The normalized spacial score (nSPS) is 12.8. The number of ketones is 1. The molecule has 12 heteroatoms. The minimum absolute atomic E-state index is 0.0276. The summed E-state index contributed by atoms with van der Waals surface area (Å²) < 4.78 is 79.3. The Labute approximate surface area is 225 Å². The monoisotopic (exact) mass is 570 g/mol. The summed E-state index contributed by atoms with van der Waals surface area (Å²) in [7, 11) is 0. The average molecular weight is 571 g/mol. The molecule has 6 nitrogen and oxygen atoms in total. The van der Waals surface area contributed by atoms with Crippen molar-refractivity contribution in [1.29, 1.82) is 0 Å². The highest BCUT2D eigenvalue weighted by atomic mass is 19.4. The molecule has 3 rings (SSSR count). The van der Waals surface area contributed by atoms with Crippen LogP contribution in [-0.4, -0.2) is 33.8 Å². The number of para-hydroxylation sites is 1. The number of aryl methyl sites for hydroxylation is 1. The molecule has 216 valence electrons. The van der Waals surface area contributed by atoms with Gasteiger partial charge in [0.1, 0.15) is 0 Å². The first-order chi connectivity index (χ1) is 18.7. The molecule has 0 aliphatic heterocycles. The molecule has 0 saturated heterocycles. The largest absolute Gasteiger partial charge is 0.481 e. The van der Waals surface area contributed by atoms with Crippen LogP contribution in [0.2, 0.25) is 0 Å². The topological polar surface area (TPSA) is 99.3 Å². The lowest BCUT2D eigenvalue weighted by Crippen LogP contribution is -2.42. The van der Waals surface area contributed by atoms with Gasteiger partial charge in [-0.25, -0.2) is 0 Å². The lowest BCUT2D eigenvalue weighted by molar-refractivity contribution is -0.143. The van der Waals surface area contributed by atoms with Crippen molar-refractivity contribution in [2.45, 2.75) is 69.8 Å². The van der Waals surface area contributed by atoms with E-state index < -0.39 is 53.6 Å². The smallest absolute Gasteiger partial charge is 0.416 e. The number of carboxylic acid groups (broad SMARTS) is 1. The second-order valence-corrected chi connectivity index (χ2v) is 9.52. The number of halogens is 6. The first-order valence-electron chi connectivity index (χ1n) is 12.6. The first kappa shape index (κ1) is 30.7. The minimum Gasteiger partial charge on any atom is -0.481 e. The molecule has 0 radical (unpaired) electrons. The van der Waals surface area contributed by atoms with Crippen molar-refractivity contribution in [2.75, 3.05) is 0 Å². The van der Waals surface area contributed by atoms with Crippen LogP contribution >= 0.6 is 0 Å². The number of alkyl halides is 6. The zero-order valence-corrected chi connectivity index (χ0v) is 21.3. The number of aromatic nitrogens is 1. The SMILES string of the molecule is O=C(O)CCCCCC(=O)NC(Cc1c[nH]c2ccccc12)C(=O)CCc1cc(C(F)(F)F)cc(C(F)(F)F)c1. The molecule has 1 aromatic heterocycles. The fourth-order valence-corrected chi connectivity index (χ4v) is 4.38. The molecule has 1 amide bonds. The van der Waals surface area contributed by atoms with Gasteiger partial charge in [0, 0.05) is 42.8 Å². The van der Waals surface area contributed by atoms with E-state index in [1.165, 1.54) is 0 Å². The third kappa shape index (κ3) is 8.85. The van der Waals surface area contributed by atoms with Crippen molar-refractivity contribution in [3.05, 3.63) is 70.9 Å². The maximum Gasteiger partial charge on any atom is 0.416 e. The van der Waals surface area contributed by atoms with E-state index in [-0.39, 0.29) is 37.3 Å². The van der Waals surface area contributed by atoms with Gasteiger partial charge in [-0.05, 0) is 54.7 Å². The van der Waals surface area contributed by atoms with Crippen molar-refractivity contribution in [3.8, 4) is 0 Å². The molecule has 3 N–H and O–H groups in total. The number of aromatic amines is 1. The molecule has 1 atom stereocenters. The second kappa shape index (κ2) is 13.0. The van der Waals surface area contributed by atoms with Crippen molar-refractivity contribution < 1.29 is 45.8 Å². The number of carbonyl (C=O) groups excluding carboxylic acids is 2.